The lowest BCUT2D eigenvalue weighted by atomic mass is 9.71. The molecule has 1 rings (SSSR count). The van der Waals surface area contributed by atoms with Gasteiger partial charge >= 0.3 is 5.97 Å². The molecule has 0 aromatic heterocycles. The molecule has 18 heavy (non-hydrogen) atoms. The highest BCUT2D eigenvalue weighted by Gasteiger charge is 2.36. The maximum Gasteiger partial charge on any atom is 0.330 e. The van der Waals surface area contributed by atoms with E-state index in [-0.39, 0.29) is 11.4 Å². The van der Waals surface area contributed by atoms with Gasteiger partial charge in [0, 0.05) is 11.5 Å². The second kappa shape index (κ2) is 7.60. The predicted octanol–water partition coefficient (Wildman–Crippen LogP) is 4.64. The van der Waals surface area contributed by atoms with Crippen LogP contribution >= 0.6 is 0 Å². The third-order valence-electron chi connectivity index (χ3n) is 4.20. The highest BCUT2D eigenvalue weighted by molar-refractivity contribution is 5.84. The number of carbonyl (C=O) groups is 1. The van der Waals surface area contributed by atoms with E-state index in [0.29, 0.717) is 6.61 Å². The average molecular weight is 252 g/mol. The lowest BCUT2D eigenvalue weighted by Crippen LogP contribution is -2.34. The normalized spacial score (nSPS) is 23.7. The fraction of sp³-hybridized carbons (Fsp3) is 0.812. The van der Waals surface area contributed by atoms with Gasteiger partial charge in [-0.05, 0) is 25.7 Å². The van der Waals surface area contributed by atoms with E-state index < -0.39 is 0 Å². The number of hydrogen-bond donors (Lipinski definition) is 0. The Hall–Kier alpha value is -0.790. The van der Waals surface area contributed by atoms with Crippen molar-refractivity contribution >= 4 is 5.97 Å². The van der Waals surface area contributed by atoms with Crippen LogP contribution in [-0.2, 0) is 9.53 Å². The van der Waals surface area contributed by atoms with Gasteiger partial charge in [0.1, 0.15) is 6.61 Å². The van der Waals surface area contributed by atoms with Crippen LogP contribution in [0.4, 0.5) is 0 Å². The summed E-state index contributed by atoms with van der Waals surface area (Å²) in [5, 5.41) is 0. The zero-order chi connectivity index (χ0) is 13.4. The van der Waals surface area contributed by atoms with Crippen LogP contribution in [0.2, 0.25) is 0 Å². The van der Waals surface area contributed by atoms with Crippen molar-refractivity contribution < 1.29 is 9.53 Å². The van der Waals surface area contributed by atoms with Crippen molar-refractivity contribution in [3.63, 3.8) is 0 Å². The second-order valence-electron chi connectivity index (χ2n) is 5.47. The van der Waals surface area contributed by atoms with E-state index in [1.54, 1.807) is 6.08 Å². The Labute approximate surface area is 112 Å². The lowest BCUT2D eigenvalue weighted by molar-refractivity contribution is -0.143. The minimum absolute atomic E-state index is 0.137. The lowest BCUT2D eigenvalue weighted by Gasteiger charge is -2.37. The van der Waals surface area contributed by atoms with Gasteiger partial charge in [-0.3, -0.25) is 0 Å². The fourth-order valence-electron chi connectivity index (χ4n) is 2.80. The van der Waals surface area contributed by atoms with Crippen molar-refractivity contribution in [2.24, 2.45) is 5.41 Å². The summed E-state index contributed by atoms with van der Waals surface area (Å²) in [6, 6.07) is 0. The molecule has 0 saturated heterocycles. The number of esters is 1. The molecular weight excluding hydrogens is 224 g/mol. The quantitative estimate of drug-likeness (QED) is 0.465. The van der Waals surface area contributed by atoms with E-state index in [2.05, 4.69) is 20.8 Å². The van der Waals surface area contributed by atoms with Crippen molar-refractivity contribution in [3.8, 4) is 0 Å². The highest BCUT2D eigenvalue weighted by Crippen LogP contribution is 2.42. The summed E-state index contributed by atoms with van der Waals surface area (Å²) in [6.07, 6.45) is 11.2. The number of ether oxygens (including phenoxy) is 1. The summed E-state index contributed by atoms with van der Waals surface area (Å²) in [5.41, 5.74) is 1.49. The maximum atomic E-state index is 11.5. The number of cyclic esters (lactones) is 1. The maximum absolute atomic E-state index is 11.5. The molecule has 0 saturated carbocycles. The molecule has 104 valence electrons. The van der Waals surface area contributed by atoms with E-state index in [0.717, 1.165) is 19.3 Å². The van der Waals surface area contributed by atoms with Crippen LogP contribution in [0.5, 0.6) is 0 Å². The van der Waals surface area contributed by atoms with Crippen LogP contribution in [0.25, 0.3) is 0 Å². The third-order valence-corrected chi connectivity index (χ3v) is 4.20. The predicted molar refractivity (Wildman–Crippen MR) is 75.4 cm³/mol. The van der Waals surface area contributed by atoms with E-state index >= 15 is 0 Å². The molecule has 0 aromatic carbocycles. The van der Waals surface area contributed by atoms with Crippen molar-refractivity contribution in [2.75, 3.05) is 6.61 Å². The van der Waals surface area contributed by atoms with Gasteiger partial charge in [-0.1, -0.05) is 52.0 Å². The molecular formula is C16H28O2. The first kappa shape index (κ1) is 15.3. The molecule has 0 bridgehead atoms. The van der Waals surface area contributed by atoms with Gasteiger partial charge in [0.25, 0.3) is 0 Å². The van der Waals surface area contributed by atoms with E-state index in [9.17, 15) is 4.79 Å². The smallest absolute Gasteiger partial charge is 0.330 e. The van der Waals surface area contributed by atoms with Gasteiger partial charge in [0.05, 0.1) is 0 Å². The molecule has 0 amide bonds. The molecule has 0 spiro atoms. The summed E-state index contributed by atoms with van der Waals surface area (Å²) >= 11 is 0. The first-order valence-corrected chi connectivity index (χ1v) is 7.56. The summed E-state index contributed by atoms with van der Waals surface area (Å²) in [6.45, 7) is 7.26. The fourth-order valence-corrected chi connectivity index (χ4v) is 2.80. The van der Waals surface area contributed by atoms with Crippen LogP contribution in [0.15, 0.2) is 11.6 Å². The van der Waals surface area contributed by atoms with Crippen LogP contribution in [0, 0.1) is 5.41 Å². The number of hydrogen-bond acceptors (Lipinski definition) is 2. The van der Waals surface area contributed by atoms with Crippen LogP contribution in [0.1, 0.15) is 72.1 Å². The molecule has 0 N–H and O–H groups in total. The molecule has 1 aliphatic heterocycles. The largest absolute Gasteiger partial charge is 0.462 e. The number of unbranched alkanes of at least 4 members (excludes halogenated alkanes) is 3. The molecule has 0 aliphatic carbocycles. The van der Waals surface area contributed by atoms with Gasteiger partial charge in [0.2, 0.25) is 0 Å². The zero-order valence-electron chi connectivity index (χ0n) is 12.3. The average Bonchev–Trinajstić information content (AvgIpc) is 2.39. The topological polar surface area (TPSA) is 26.3 Å². The molecule has 0 fully saturated rings. The number of carbonyl (C=O) groups excluding carboxylic acids is 1. The Morgan fingerprint density at radius 3 is 2.50 bits per heavy atom. The minimum Gasteiger partial charge on any atom is -0.462 e. The van der Waals surface area contributed by atoms with E-state index in [1.807, 2.05) is 0 Å². The Morgan fingerprint density at radius 2 is 1.89 bits per heavy atom. The van der Waals surface area contributed by atoms with Crippen LogP contribution < -0.4 is 0 Å². The van der Waals surface area contributed by atoms with Crippen molar-refractivity contribution in [1.29, 1.82) is 0 Å². The van der Waals surface area contributed by atoms with Gasteiger partial charge < -0.3 is 4.74 Å². The standard InChI is InChI=1S/C16H28O2/c1-4-7-9-10-14-12-15(17)18-13-16(14,6-3)11-8-5-2/h12H,4-11,13H2,1-3H3. The minimum atomic E-state index is -0.137. The first-order valence-electron chi connectivity index (χ1n) is 7.56. The van der Waals surface area contributed by atoms with Gasteiger partial charge in [0.15, 0.2) is 0 Å². The molecule has 0 aromatic rings. The monoisotopic (exact) mass is 252 g/mol. The Morgan fingerprint density at radius 1 is 1.17 bits per heavy atom. The molecule has 1 unspecified atom stereocenters. The molecule has 0 radical (unpaired) electrons. The van der Waals surface area contributed by atoms with Gasteiger partial charge in [-0.2, -0.15) is 0 Å². The van der Waals surface area contributed by atoms with Crippen molar-refractivity contribution in [1.82, 2.24) is 0 Å². The SMILES string of the molecule is CCCCCC1=CC(=O)OCC1(CC)CCCC. The van der Waals surface area contributed by atoms with Crippen molar-refractivity contribution in [3.05, 3.63) is 11.6 Å². The van der Waals surface area contributed by atoms with E-state index in [4.69, 9.17) is 4.74 Å². The molecule has 2 nitrogen and oxygen atoms in total. The number of rotatable bonds is 8. The second-order valence-corrected chi connectivity index (χ2v) is 5.47. The Kier molecular flexibility index (Phi) is 6.45. The Balaban J connectivity index is 2.77. The molecule has 1 heterocycles. The Bertz CT molecular complexity index is 293. The van der Waals surface area contributed by atoms with E-state index in [1.165, 1.54) is 37.7 Å². The van der Waals surface area contributed by atoms with Crippen LogP contribution in [0.3, 0.4) is 0 Å². The highest BCUT2D eigenvalue weighted by atomic mass is 16.5. The van der Waals surface area contributed by atoms with Gasteiger partial charge in [-0.25, -0.2) is 4.79 Å². The van der Waals surface area contributed by atoms with Gasteiger partial charge in [-0.15, -0.1) is 0 Å². The summed E-state index contributed by atoms with van der Waals surface area (Å²) in [7, 11) is 0. The summed E-state index contributed by atoms with van der Waals surface area (Å²) in [5.74, 6) is -0.137. The first-order chi connectivity index (χ1) is 8.68. The summed E-state index contributed by atoms with van der Waals surface area (Å²) < 4.78 is 5.30. The molecule has 1 atom stereocenters. The zero-order valence-corrected chi connectivity index (χ0v) is 12.3. The summed E-state index contributed by atoms with van der Waals surface area (Å²) in [4.78, 5) is 11.5. The van der Waals surface area contributed by atoms with Crippen molar-refractivity contribution in [2.45, 2.75) is 72.1 Å². The third kappa shape index (κ3) is 3.86. The molecule has 2 heteroatoms. The van der Waals surface area contributed by atoms with Crippen LogP contribution in [-0.4, -0.2) is 12.6 Å². The molecule has 1 aliphatic rings.